The van der Waals surface area contributed by atoms with Gasteiger partial charge in [-0.15, -0.1) is 0 Å². The number of halogens is 7. The molecule has 0 aliphatic carbocycles. The lowest BCUT2D eigenvalue weighted by Crippen LogP contribution is -2.26. The molecule has 178 valence electrons. The first-order chi connectivity index (χ1) is 15.9. The van der Waals surface area contributed by atoms with Gasteiger partial charge in [-0.25, -0.2) is 19.3 Å². The summed E-state index contributed by atoms with van der Waals surface area (Å²) in [5.41, 5.74) is -4.54. The van der Waals surface area contributed by atoms with Crippen LogP contribution in [0, 0.1) is 5.82 Å². The van der Waals surface area contributed by atoms with Gasteiger partial charge in [0.1, 0.15) is 6.33 Å². The van der Waals surface area contributed by atoms with Gasteiger partial charge < -0.3 is 4.90 Å². The summed E-state index contributed by atoms with van der Waals surface area (Å²) in [7, 11) is 1.31. The first-order valence-corrected chi connectivity index (χ1v) is 9.56. The summed E-state index contributed by atoms with van der Waals surface area (Å²) >= 11 is 0. The van der Waals surface area contributed by atoms with E-state index in [0.717, 1.165) is 4.90 Å². The normalized spacial score (nSPS) is 13.3. The highest BCUT2D eigenvalue weighted by Gasteiger charge is 2.39. The van der Waals surface area contributed by atoms with Crippen molar-refractivity contribution in [2.45, 2.75) is 25.3 Å². The third-order valence-corrected chi connectivity index (χ3v) is 5.15. The van der Waals surface area contributed by atoms with Crippen molar-refractivity contribution in [3.05, 3.63) is 65.9 Å². The second-order valence-corrected chi connectivity index (χ2v) is 7.24. The number of fused-ring (bicyclic) bond motifs is 1. The predicted molar refractivity (Wildman–Crippen MR) is 105 cm³/mol. The molecule has 0 spiro atoms. The number of hydrogen-bond donors (Lipinski definition) is 0. The average molecular weight is 485 g/mol. The van der Waals surface area contributed by atoms with Crippen LogP contribution in [0.5, 0.6) is 0 Å². The van der Waals surface area contributed by atoms with Gasteiger partial charge in [0.15, 0.2) is 11.6 Å². The monoisotopic (exact) mass is 485 g/mol. The van der Waals surface area contributed by atoms with E-state index in [1.807, 2.05) is 0 Å². The summed E-state index contributed by atoms with van der Waals surface area (Å²) in [5.74, 6) is -0.827. The van der Waals surface area contributed by atoms with Crippen molar-refractivity contribution in [1.82, 2.24) is 29.7 Å². The van der Waals surface area contributed by atoms with Crippen LogP contribution in [-0.4, -0.2) is 36.8 Å². The molecule has 0 bridgehead atoms. The number of hydrogen-bond acceptors (Lipinski definition) is 6. The Bertz CT molecular complexity index is 1330. The SMILES string of the molecule is CC(c1ncnn1-c1ncccn1)N(C)c1c(F)cnc2c(C(F)(F)F)cc(C(F)(F)F)cc12. The van der Waals surface area contributed by atoms with Crippen molar-refractivity contribution < 1.29 is 30.7 Å². The van der Waals surface area contributed by atoms with Gasteiger partial charge in [0.05, 0.1) is 34.6 Å². The lowest BCUT2D eigenvalue weighted by Gasteiger charge is -2.28. The number of alkyl halides is 6. The molecule has 3 heterocycles. The molecule has 34 heavy (non-hydrogen) atoms. The molecule has 4 rings (SSSR count). The van der Waals surface area contributed by atoms with Gasteiger partial charge in [-0.05, 0) is 25.1 Å². The number of benzene rings is 1. The maximum atomic E-state index is 14.9. The van der Waals surface area contributed by atoms with E-state index in [2.05, 4.69) is 25.0 Å². The Labute approximate surface area is 186 Å². The Kier molecular flexibility index (Phi) is 5.61. The summed E-state index contributed by atoms with van der Waals surface area (Å²) in [6, 6.07) is 1.09. The molecular weight excluding hydrogens is 471 g/mol. The first kappa shape index (κ1) is 23.3. The summed E-state index contributed by atoms with van der Waals surface area (Å²) in [6.45, 7) is 1.52. The molecule has 1 aromatic carbocycles. The maximum absolute atomic E-state index is 14.9. The van der Waals surface area contributed by atoms with Crippen molar-refractivity contribution in [2.75, 3.05) is 11.9 Å². The van der Waals surface area contributed by atoms with Crippen LogP contribution in [-0.2, 0) is 12.4 Å². The van der Waals surface area contributed by atoms with Crippen LogP contribution in [0.1, 0.15) is 29.9 Å². The Morgan fingerprint density at radius 2 is 1.62 bits per heavy atom. The molecule has 4 aromatic rings. The molecule has 0 fully saturated rings. The Morgan fingerprint density at radius 1 is 0.941 bits per heavy atom. The van der Waals surface area contributed by atoms with Crippen LogP contribution in [0.4, 0.5) is 36.4 Å². The van der Waals surface area contributed by atoms with Crippen LogP contribution in [0.15, 0.2) is 43.1 Å². The van der Waals surface area contributed by atoms with Crippen LogP contribution in [0.3, 0.4) is 0 Å². The minimum atomic E-state index is -5.16. The van der Waals surface area contributed by atoms with Crippen molar-refractivity contribution in [3.63, 3.8) is 0 Å². The molecule has 0 aliphatic rings. The topological polar surface area (TPSA) is 72.6 Å². The molecular formula is C20H14F7N7. The van der Waals surface area contributed by atoms with Crippen LogP contribution in [0.25, 0.3) is 16.9 Å². The van der Waals surface area contributed by atoms with E-state index in [1.165, 1.54) is 37.4 Å². The second kappa shape index (κ2) is 8.18. The number of nitrogens with zero attached hydrogens (tertiary/aromatic N) is 7. The van der Waals surface area contributed by atoms with E-state index < -0.39 is 51.9 Å². The Balaban J connectivity index is 1.91. The van der Waals surface area contributed by atoms with E-state index >= 15 is 0 Å². The summed E-state index contributed by atoms with van der Waals surface area (Å²) in [5, 5.41) is 3.36. The summed E-state index contributed by atoms with van der Waals surface area (Å²) in [6.07, 6.45) is -5.68. The lowest BCUT2D eigenvalue weighted by molar-refractivity contribution is -0.142. The Hall–Kier alpha value is -3.84. The zero-order chi connectivity index (χ0) is 24.8. The van der Waals surface area contributed by atoms with E-state index in [-0.39, 0.29) is 17.8 Å². The third-order valence-electron chi connectivity index (χ3n) is 5.15. The van der Waals surface area contributed by atoms with Crippen molar-refractivity contribution in [2.24, 2.45) is 0 Å². The fourth-order valence-corrected chi connectivity index (χ4v) is 3.46. The van der Waals surface area contributed by atoms with Gasteiger partial charge in [-0.3, -0.25) is 4.98 Å². The van der Waals surface area contributed by atoms with Crippen LogP contribution < -0.4 is 4.90 Å². The van der Waals surface area contributed by atoms with Gasteiger partial charge in [-0.2, -0.15) is 36.1 Å². The quantitative estimate of drug-likeness (QED) is 0.380. The number of pyridine rings is 1. The fourth-order valence-electron chi connectivity index (χ4n) is 3.46. The molecule has 14 heteroatoms. The molecule has 0 amide bonds. The first-order valence-electron chi connectivity index (χ1n) is 9.56. The predicted octanol–water partition coefficient (Wildman–Crippen LogP) is 4.98. The summed E-state index contributed by atoms with van der Waals surface area (Å²) in [4.78, 5) is 16.8. The highest BCUT2D eigenvalue weighted by molar-refractivity contribution is 5.95. The number of rotatable bonds is 4. The minimum absolute atomic E-state index is 0.0379. The van der Waals surface area contributed by atoms with Gasteiger partial charge >= 0.3 is 12.4 Å². The zero-order valence-corrected chi connectivity index (χ0v) is 17.4. The van der Waals surface area contributed by atoms with E-state index in [9.17, 15) is 30.7 Å². The van der Waals surface area contributed by atoms with Crippen molar-refractivity contribution in [1.29, 1.82) is 0 Å². The lowest BCUT2D eigenvalue weighted by atomic mass is 10.0. The minimum Gasteiger partial charge on any atom is -0.362 e. The molecule has 0 saturated carbocycles. The van der Waals surface area contributed by atoms with Gasteiger partial charge in [-0.1, -0.05) is 0 Å². The average Bonchev–Trinajstić information content (AvgIpc) is 3.26. The molecule has 1 unspecified atom stereocenters. The van der Waals surface area contributed by atoms with Crippen LogP contribution in [0.2, 0.25) is 0 Å². The molecule has 3 aromatic heterocycles. The summed E-state index contributed by atoms with van der Waals surface area (Å²) < 4.78 is 97.1. The number of anilines is 1. The highest BCUT2D eigenvalue weighted by Crippen LogP contribution is 2.43. The van der Waals surface area contributed by atoms with Crippen LogP contribution >= 0.6 is 0 Å². The van der Waals surface area contributed by atoms with Gasteiger partial charge in [0, 0.05) is 24.8 Å². The van der Waals surface area contributed by atoms with Crippen molar-refractivity contribution >= 4 is 16.6 Å². The van der Waals surface area contributed by atoms with E-state index in [1.54, 1.807) is 6.07 Å². The maximum Gasteiger partial charge on any atom is 0.418 e. The third kappa shape index (κ3) is 4.10. The van der Waals surface area contributed by atoms with E-state index in [0.29, 0.717) is 12.3 Å². The molecule has 1 atom stereocenters. The zero-order valence-electron chi connectivity index (χ0n) is 17.4. The molecule has 0 aliphatic heterocycles. The molecule has 0 N–H and O–H groups in total. The van der Waals surface area contributed by atoms with Gasteiger partial charge in [0.2, 0.25) is 0 Å². The van der Waals surface area contributed by atoms with Crippen molar-refractivity contribution in [3.8, 4) is 5.95 Å². The fraction of sp³-hybridized carbons (Fsp3) is 0.250. The Morgan fingerprint density at radius 3 is 2.24 bits per heavy atom. The molecule has 7 nitrogen and oxygen atoms in total. The highest BCUT2D eigenvalue weighted by atomic mass is 19.4. The smallest absolute Gasteiger partial charge is 0.362 e. The molecule has 0 saturated heterocycles. The standard InChI is InChI=1S/C20H14F7N7/c1-10(17-31-9-32-34(17)18-28-4-3-5-29-18)33(2)16-12-6-11(19(22,23)24)7-13(20(25,26)27)15(12)30-8-14(16)21/h3-10H,1-2H3. The van der Waals surface area contributed by atoms with E-state index in [4.69, 9.17) is 0 Å². The molecule has 0 radical (unpaired) electrons. The largest absolute Gasteiger partial charge is 0.418 e. The second-order valence-electron chi connectivity index (χ2n) is 7.24. The van der Waals surface area contributed by atoms with Gasteiger partial charge in [0.25, 0.3) is 5.95 Å². The number of aromatic nitrogens is 6.